The standard InChI is InChI=1S/C14H21N3O2/c1-14(13(16)18)5-6-17(9-14)8-10-3-4-11(15)7-12(10)19-2/h3-4,7H,5-6,8-9,15H2,1-2H3,(H2,16,18). The molecule has 0 bridgehead atoms. The molecule has 1 fully saturated rings. The number of hydrogen-bond acceptors (Lipinski definition) is 4. The average molecular weight is 263 g/mol. The lowest BCUT2D eigenvalue weighted by atomic mass is 9.89. The van der Waals surface area contributed by atoms with Gasteiger partial charge in [-0.05, 0) is 26.0 Å². The van der Waals surface area contributed by atoms with Gasteiger partial charge in [0.15, 0.2) is 0 Å². The summed E-state index contributed by atoms with van der Waals surface area (Å²) in [4.78, 5) is 13.7. The molecule has 0 radical (unpaired) electrons. The second-order valence-electron chi connectivity index (χ2n) is 5.46. The van der Waals surface area contributed by atoms with Crippen molar-refractivity contribution in [2.24, 2.45) is 11.1 Å². The summed E-state index contributed by atoms with van der Waals surface area (Å²) >= 11 is 0. The molecule has 4 N–H and O–H groups in total. The van der Waals surface area contributed by atoms with Crippen LogP contribution in [0.25, 0.3) is 0 Å². The largest absolute Gasteiger partial charge is 0.496 e. The molecule has 2 rings (SSSR count). The van der Waals surface area contributed by atoms with Crippen LogP contribution < -0.4 is 16.2 Å². The summed E-state index contributed by atoms with van der Waals surface area (Å²) in [6.07, 6.45) is 0.805. The fraction of sp³-hybridized carbons (Fsp3) is 0.500. The summed E-state index contributed by atoms with van der Waals surface area (Å²) in [6, 6.07) is 5.65. The lowest BCUT2D eigenvalue weighted by Crippen LogP contribution is -2.36. The Hall–Kier alpha value is -1.75. The van der Waals surface area contributed by atoms with Crippen LogP contribution in [0.2, 0.25) is 0 Å². The van der Waals surface area contributed by atoms with E-state index in [0.29, 0.717) is 12.2 Å². The van der Waals surface area contributed by atoms with E-state index in [9.17, 15) is 4.79 Å². The average Bonchev–Trinajstić information content (AvgIpc) is 2.74. The Morgan fingerprint density at radius 3 is 2.84 bits per heavy atom. The Bertz CT molecular complexity index is 490. The number of likely N-dealkylation sites (tertiary alicyclic amines) is 1. The minimum absolute atomic E-state index is 0.223. The minimum Gasteiger partial charge on any atom is -0.496 e. The van der Waals surface area contributed by atoms with E-state index in [4.69, 9.17) is 16.2 Å². The molecule has 0 aromatic heterocycles. The number of carbonyl (C=O) groups is 1. The van der Waals surface area contributed by atoms with E-state index in [-0.39, 0.29) is 5.91 Å². The first kappa shape index (κ1) is 13.7. The molecule has 0 saturated carbocycles. The number of ether oxygens (including phenoxy) is 1. The van der Waals surface area contributed by atoms with Crippen LogP contribution in [0.3, 0.4) is 0 Å². The quantitative estimate of drug-likeness (QED) is 0.793. The highest BCUT2D eigenvalue weighted by Gasteiger charge is 2.38. The number of nitrogen functional groups attached to an aromatic ring is 1. The smallest absolute Gasteiger partial charge is 0.224 e. The van der Waals surface area contributed by atoms with Crippen molar-refractivity contribution in [3.63, 3.8) is 0 Å². The number of carbonyl (C=O) groups excluding carboxylic acids is 1. The number of methoxy groups -OCH3 is 1. The lowest BCUT2D eigenvalue weighted by Gasteiger charge is -2.21. The Balaban J connectivity index is 2.09. The fourth-order valence-corrected chi connectivity index (χ4v) is 2.53. The van der Waals surface area contributed by atoms with Crippen LogP contribution in [-0.2, 0) is 11.3 Å². The number of benzene rings is 1. The monoisotopic (exact) mass is 263 g/mol. The molecular weight excluding hydrogens is 242 g/mol. The molecule has 104 valence electrons. The molecule has 1 saturated heterocycles. The van der Waals surface area contributed by atoms with Crippen LogP contribution in [0.15, 0.2) is 18.2 Å². The zero-order valence-corrected chi connectivity index (χ0v) is 11.5. The van der Waals surface area contributed by atoms with E-state index in [1.165, 1.54) is 0 Å². The number of anilines is 1. The molecule has 1 unspecified atom stereocenters. The van der Waals surface area contributed by atoms with Crippen molar-refractivity contribution in [3.8, 4) is 5.75 Å². The first-order valence-electron chi connectivity index (χ1n) is 6.39. The number of nitrogens with zero attached hydrogens (tertiary/aromatic N) is 1. The molecule has 5 nitrogen and oxygen atoms in total. The maximum absolute atomic E-state index is 11.4. The topological polar surface area (TPSA) is 81.6 Å². The van der Waals surface area contributed by atoms with Gasteiger partial charge >= 0.3 is 0 Å². The third-order valence-electron chi connectivity index (χ3n) is 3.85. The van der Waals surface area contributed by atoms with Crippen molar-refractivity contribution in [1.29, 1.82) is 0 Å². The van der Waals surface area contributed by atoms with E-state index in [2.05, 4.69) is 4.90 Å². The van der Waals surface area contributed by atoms with E-state index in [1.807, 2.05) is 25.1 Å². The molecule has 1 aliphatic rings. The van der Waals surface area contributed by atoms with Gasteiger partial charge in [0.2, 0.25) is 5.91 Å². The Kier molecular flexibility index (Phi) is 3.66. The maximum Gasteiger partial charge on any atom is 0.224 e. The van der Waals surface area contributed by atoms with E-state index in [1.54, 1.807) is 7.11 Å². The summed E-state index contributed by atoms with van der Waals surface area (Å²) < 4.78 is 5.34. The van der Waals surface area contributed by atoms with Gasteiger partial charge in [0.25, 0.3) is 0 Å². The summed E-state index contributed by atoms with van der Waals surface area (Å²) in [7, 11) is 1.63. The highest BCUT2D eigenvalue weighted by molar-refractivity contribution is 5.81. The summed E-state index contributed by atoms with van der Waals surface area (Å²) in [5, 5.41) is 0. The number of hydrogen-bond donors (Lipinski definition) is 2. The van der Waals surface area contributed by atoms with Gasteiger partial charge in [0.1, 0.15) is 5.75 Å². The molecule has 19 heavy (non-hydrogen) atoms. The third-order valence-corrected chi connectivity index (χ3v) is 3.85. The number of primary amides is 1. The molecule has 0 spiro atoms. The number of rotatable bonds is 4. The molecule has 1 aromatic rings. The van der Waals surface area contributed by atoms with Crippen LogP contribution >= 0.6 is 0 Å². The van der Waals surface area contributed by atoms with Crippen molar-refractivity contribution < 1.29 is 9.53 Å². The zero-order chi connectivity index (χ0) is 14.0. The Morgan fingerprint density at radius 1 is 1.53 bits per heavy atom. The van der Waals surface area contributed by atoms with Gasteiger partial charge in [-0.2, -0.15) is 0 Å². The van der Waals surface area contributed by atoms with Gasteiger partial charge in [-0.1, -0.05) is 6.07 Å². The third kappa shape index (κ3) is 2.81. The summed E-state index contributed by atoms with van der Waals surface area (Å²) in [5.41, 5.74) is 12.5. The van der Waals surface area contributed by atoms with E-state index in [0.717, 1.165) is 30.8 Å². The molecule has 1 aliphatic heterocycles. The number of amides is 1. The van der Waals surface area contributed by atoms with Gasteiger partial charge in [-0.25, -0.2) is 0 Å². The predicted molar refractivity (Wildman–Crippen MR) is 74.6 cm³/mol. The lowest BCUT2D eigenvalue weighted by molar-refractivity contribution is -0.126. The first-order valence-corrected chi connectivity index (χ1v) is 6.39. The Labute approximate surface area is 113 Å². The second kappa shape index (κ2) is 5.09. The van der Waals surface area contributed by atoms with Gasteiger partial charge in [-0.3, -0.25) is 9.69 Å². The minimum atomic E-state index is -0.416. The van der Waals surface area contributed by atoms with Crippen LogP contribution in [0.1, 0.15) is 18.9 Å². The fourth-order valence-electron chi connectivity index (χ4n) is 2.53. The van der Waals surface area contributed by atoms with Gasteiger partial charge in [-0.15, -0.1) is 0 Å². The van der Waals surface area contributed by atoms with Gasteiger partial charge in [0, 0.05) is 30.4 Å². The maximum atomic E-state index is 11.4. The summed E-state index contributed by atoms with van der Waals surface area (Å²) in [5.74, 6) is 0.562. The molecule has 5 heteroatoms. The van der Waals surface area contributed by atoms with E-state index >= 15 is 0 Å². The van der Waals surface area contributed by atoms with Crippen LogP contribution in [-0.4, -0.2) is 31.0 Å². The van der Waals surface area contributed by atoms with Crippen LogP contribution in [0.5, 0.6) is 5.75 Å². The first-order chi connectivity index (χ1) is 8.94. The zero-order valence-electron chi connectivity index (χ0n) is 11.5. The van der Waals surface area contributed by atoms with Gasteiger partial charge < -0.3 is 16.2 Å². The van der Waals surface area contributed by atoms with E-state index < -0.39 is 5.41 Å². The predicted octanol–water partition coefficient (Wildman–Crippen LogP) is 0.975. The molecule has 1 atom stereocenters. The van der Waals surface area contributed by atoms with Crippen LogP contribution in [0, 0.1) is 5.41 Å². The molecule has 1 heterocycles. The van der Waals surface area contributed by atoms with Gasteiger partial charge in [0.05, 0.1) is 12.5 Å². The molecule has 0 aliphatic carbocycles. The van der Waals surface area contributed by atoms with Crippen LogP contribution in [0.4, 0.5) is 5.69 Å². The SMILES string of the molecule is COc1cc(N)ccc1CN1CCC(C)(C(N)=O)C1. The molecule has 1 amide bonds. The highest BCUT2D eigenvalue weighted by Crippen LogP contribution is 2.32. The van der Waals surface area contributed by atoms with Crippen molar-refractivity contribution in [3.05, 3.63) is 23.8 Å². The normalized spacial score (nSPS) is 23.5. The Morgan fingerprint density at radius 2 is 2.26 bits per heavy atom. The van der Waals surface area contributed by atoms with Crippen molar-refractivity contribution >= 4 is 11.6 Å². The molecule has 1 aromatic carbocycles. The second-order valence-corrected chi connectivity index (χ2v) is 5.46. The van der Waals surface area contributed by atoms with Crippen molar-refractivity contribution in [2.75, 3.05) is 25.9 Å². The van der Waals surface area contributed by atoms with Crippen molar-refractivity contribution in [1.82, 2.24) is 4.90 Å². The molecular formula is C14H21N3O2. The number of nitrogens with two attached hydrogens (primary N) is 2. The summed E-state index contributed by atoms with van der Waals surface area (Å²) in [6.45, 7) is 4.23. The highest BCUT2D eigenvalue weighted by atomic mass is 16.5. The van der Waals surface area contributed by atoms with Crippen molar-refractivity contribution in [2.45, 2.75) is 19.9 Å².